The third-order valence-electron chi connectivity index (χ3n) is 4.57. The van der Waals surface area contributed by atoms with Gasteiger partial charge in [0.2, 0.25) is 0 Å². The minimum atomic E-state index is 0.834. The van der Waals surface area contributed by atoms with Crippen molar-refractivity contribution in [2.75, 3.05) is 37.6 Å². The second-order valence-corrected chi connectivity index (χ2v) is 6.15. The minimum Gasteiger partial charge on any atom is -0.354 e. The van der Waals surface area contributed by atoms with Crippen molar-refractivity contribution in [3.05, 3.63) is 48.8 Å². The van der Waals surface area contributed by atoms with Gasteiger partial charge in [-0.15, -0.1) is 0 Å². The molecule has 1 aliphatic rings. The summed E-state index contributed by atoms with van der Waals surface area (Å²) >= 11 is 0. The molecule has 25 heavy (non-hydrogen) atoms. The average molecular weight is 338 g/mol. The highest BCUT2D eigenvalue weighted by atomic mass is 15.5. The number of hydrogen-bond donors (Lipinski definition) is 0. The van der Waals surface area contributed by atoms with Crippen molar-refractivity contribution in [3.8, 4) is 5.82 Å². The van der Waals surface area contributed by atoms with E-state index < -0.39 is 0 Å². The van der Waals surface area contributed by atoms with Gasteiger partial charge in [0.15, 0.2) is 0 Å². The Hall–Kier alpha value is -2.74. The number of pyridine rings is 1. The lowest BCUT2D eigenvalue weighted by Crippen LogP contribution is -2.47. The molecule has 0 aromatic carbocycles. The first-order chi connectivity index (χ1) is 12.3. The summed E-state index contributed by atoms with van der Waals surface area (Å²) in [5.41, 5.74) is 0. The fourth-order valence-corrected chi connectivity index (χ4v) is 3.13. The van der Waals surface area contributed by atoms with Crippen molar-refractivity contribution < 1.29 is 0 Å². The third-order valence-corrected chi connectivity index (χ3v) is 4.57. The van der Waals surface area contributed by atoms with Crippen LogP contribution in [0.4, 0.5) is 5.82 Å². The summed E-state index contributed by atoms with van der Waals surface area (Å²) in [5.74, 6) is 2.89. The van der Waals surface area contributed by atoms with Crippen molar-refractivity contribution in [2.24, 2.45) is 0 Å². The zero-order chi connectivity index (χ0) is 17.1. The lowest BCUT2D eigenvalue weighted by atomic mass is 10.3. The molecule has 0 radical (unpaired) electrons. The quantitative estimate of drug-likeness (QED) is 0.691. The maximum absolute atomic E-state index is 4.82. The second-order valence-electron chi connectivity index (χ2n) is 6.15. The molecule has 0 bridgehead atoms. The summed E-state index contributed by atoms with van der Waals surface area (Å²) in [6, 6.07) is 6.16. The summed E-state index contributed by atoms with van der Waals surface area (Å²) in [7, 11) is 0. The van der Waals surface area contributed by atoms with Gasteiger partial charge in [0.1, 0.15) is 17.5 Å². The van der Waals surface area contributed by atoms with E-state index in [0.29, 0.717) is 0 Å². The maximum Gasteiger partial charge on any atom is 0.140 e. The molecular weight excluding hydrogens is 316 g/mol. The molecule has 0 N–H and O–H groups in total. The Morgan fingerprint density at radius 1 is 0.920 bits per heavy atom. The molecule has 0 saturated carbocycles. The number of aromatic nitrogens is 6. The summed E-state index contributed by atoms with van der Waals surface area (Å²) in [5, 5.41) is 8.31. The predicted molar refractivity (Wildman–Crippen MR) is 94.8 cm³/mol. The van der Waals surface area contributed by atoms with E-state index in [-0.39, 0.29) is 0 Å². The van der Waals surface area contributed by atoms with Gasteiger partial charge in [0.25, 0.3) is 0 Å². The van der Waals surface area contributed by atoms with Crippen molar-refractivity contribution >= 4 is 5.82 Å². The predicted octanol–water partition coefficient (Wildman–Crippen LogP) is 0.989. The Kier molecular flexibility index (Phi) is 4.43. The Labute approximate surface area is 146 Å². The van der Waals surface area contributed by atoms with Crippen LogP contribution in [0, 0.1) is 6.92 Å². The molecule has 0 unspecified atom stereocenters. The Morgan fingerprint density at radius 3 is 2.40 bits per heavy atom. The number of piperazine rings is 1. The molecule has 1 fully saturated rings. The number of hydrogen-bond acceptors (Lipinski definition) is 6. The molecule has 1 aliphatic heterocycles. The van der Waals surface area contributed by atoms with E-state index in [9.17, 15) is 0 Å². The van der Waals surface area contributed by atoms with E-state index >= 15 is 0 Å². The van der Waals surface area contributed by atoms with Crippen LogP contribution in [-0.4, -0.2) is 67.2 Å². The lowest BCUT2D eigenvalue weighted by molar-refractivity contribution is 0.239. The van der Waals surface area contributed by atoms with Gasteiger partial charge in [-0.3, -0.25) is 9.47 Å². The number of anilines is 1. The Morgan fingerprint density at radius 2 is 1.68 bits per heavy atom. The first-order valence-corrected chi connectivity index (χ1v) is 8.58. The molecule has 130 valence electrons. The van der Waals surface area contributed by atoms with Gasteiger partial charge in [0, 0.05) is 45.1 Å². The summed E-state index contributed by atoms with van der Waals surface area (Å²) in [6.45, 7) is 7.80. The molecule has 4 heterocycles. The smallest absolute Gasteiger partial charge is 0.140 e. The lowest BCUT2D eigenvalue weighted by Gasteiger charge is -2.35. The van der Waals surface area contributed by atoms with Crippen LogP contribution in [-0.2, 0) is 6.54 Å². The van der Waals surface area contributed by atoms with Gasteiger partial charge >= 0.3 is 0 Å². The first kappa shape index (κ1) is 15.8. The van der Waals surface area contributed by atoms with Crippen LogP contribution >= 0.6 is 0 Å². The van der Waals surface area contributed by atoms with Crippen molar-refractivity contribution in [1.82, 2.24) is 34.4 Å². The normalized spacial score (nSPS) is 15.6. The van der Waals surface area contributed by atoms with Crippen molar-refractivity contribution in [1.29, 1.82) is 0 Å². The fourth-order valence-electron chi connectivity index (χ4n) is 3.13. The zero-order valence-corrected chi connectivity index (χ0v) is 14.4. The second kappa shape index (κ2) is 7.02. The SMILES string of the molecule is Cc1nccn1-c1cccc(N2CCN(CCn3nccn3)CC2)n1. The molecular formula is C17H22N8. The maximum atomic E-state index is 4.82. The molecule has 8 heteroatoms. The van der Waals surface area contributed by atoms with Crippen LogP contribution in [0.1, 0.15) is 5.82 Å². The van der Waals surface area contributed by atoms with Crippen LogP contribution in [0.3, 0.4) is 0 Å². The largest absolute Gasteiger partial charge is 0.354 e. The topological polar surface area (TPSA) is 67.9 Å². The van der Waals surface area contributed by atoms with E-state index in [1.807, 2.05) is 23.8 Å². The Balaban J connectivity index is 1.37. The minimum absolute atomic E-state index is 0.834. The molecule has 0 amide bonds. The van der Waals surface area contributed by atoms with Crippen molar-refractivity contribution in [3.63, 3.8) is 0 Å². The number of nitrogens with zero attached hydrogens (tertiary/aromatic N) is 8. The van der Waals surface area contributed by atoms with E-state index in [1.165, 1.54) is 0 Å². The van der Waals surface area contributed by atoms with E-state index in [1.54, 1.807) is 23.4 Å². The van der Waals surface area contributed by atoms with Gasteiger partial charge < -0.3 is 4.90 Å². The van der Waals surface area contributed by atoms with Gasteiger partial charge in [-0.2, -0.15) is 15.0 Å². The molecule has 0 spiro atoms. The summed E-state index contributed by atoms with van der Waals surface area (Å²) < 4.78 is 2.01. The van der Waals surface area contributed by atoms with Crippen LogP contribution in [0.15, 0.2) is 43.0 Å². The summed E-state index contributed by atoms with van der Waals surface area (Å²) in [4.78, 5) is 15.6. The highest BCUT2D eigenvalue weighted by molar-refractivity contribution is 5.43. The van der Waals surface area contributed by atoms with Crippen LogP contribution in [0.5, 0.6) is 0 Å². The first-order valence-electron chi connectivity index (χ1n) is 8.58. The molecule has 1 saturated heterocycles. The molecule has 0 atom stereocenters. The number of imidazole rings is 1. The van der Waals surface area contributed by atoms with Gasteiger partial charge in [-0.05, 0) is 19.1 Å². The fraction of sp³-hybridized carbons (Fsp3) is 0.412. The monoisotopic (exact) mass is 338 g/mol. The van der Waals surface area contributed by atoms with Crippen LogP contribution < -0.4 is 4.90 Å². The Bertz CT molecular complexity index is 802. The molecule has 8 nitrogen and oxygen atoms in total. The van der Waals surface area contributed by atoms with Gasteiger partial charge in [-0.1, -0.05) is 6.07 Å². The van der Waals surface area contributed by atoms with E-state index in [2.05, 4.69) is 37.1 Å². The van der Waals surface area contributed by atoms with Crippen molar-refractivity contribution in [2.45, 2.75) is 13.5 Å². The number of aryl methyl sites for hydroxylation is 1. The third kappa shape index (κ3) is 3.53. The highest BCUT2D eigenvalue weighted by Gasteiger charge is 2.18. The molecule has 3 aromatic heterocycles. The van der Waals surface area contributed by atoms with Crippen LogP contribution in [0.25, 0.3) is 5.82 Å². The van der Waals surface area contributed by atoms with Gasteiger partial charge in [0.05, 0.1) is 18.9 Å². The highest BCUT2D eigenvalue weighted by Crippen LogP contribution is 2.17. The van der Waals surface area contributed by atoms with E-state index in [4.69, 9.17) is 4.98 Å². The molecule has 0 aliphatic carbocycles. The molecule has 4 rings (SSSR count). The number of rotatable bonds is 5. The molecule has 3 aromatic rings. The average Bonchev–Trinajstić information content (AvgIpc) is 3.32. The summed E-state index contributed by atoms with van der Waals surface area (Å²) in [6.07, 6.45) is 7.19. The van der Waals surface area contributed by atoms with E-state index in [0.717, 1.165) is 56.7 Å². The zero-order valence-electron chi connectivity index (χ0n) is 14.4. The van der Waals surface area contributed by atoms with Gasteiger partial charge in [-0.25, -0.2) is 9.97 Å². The standard InChI is InChI=1S/C17H22N8/c1-15-18-7-8-24(15)17-4-2-3-16(21-17)23-12-9-22(10-13-23)11-14-25-19-5-6-20-25/h2-8H,9-14H2,1H3. The van der Waals surface area contributed by atoms with Crippen LogP contribution in [0.2, 0.25) is 0 Å².